The van der Waals surface area contributed by atoms with Gasteiger partial charge in [0.25, 0.3) is 11.8 Å². The first-order valence-electron chi connectivity index (χ1n) is 8.95. The largest absolute Gasteiger partial charge is 0.496 e. The Bertz CT molecular complexity index is 998. The zero-order valence-electron chi connectivity index (χ0n) is 15.9. The number of benzene rings is 3. The Morgan fingerprint density at radius 3 is 2.32 bits per heavy atom. The van der Waals surface area contributed by atoms with Gasteiger partial charge in [-0.25, -0.2) is 0 Å². The Morgan fingerprint density at radius 2 is 1.57 bits per heavy atom. The smallest absolute Gasteiger partial charge is 0.259 e. The van der Waals surface area contributed by atoms with Gasteiger partial charge in [0.1, 0.15) is 5.75 Å². The maximum Gasteiger partial charge on any atom is 0.259 e. The summed E-state index contributed by atoms with van der Waals surface area (Å²) in [5.41, 5.74) is 3.40. The number of aryl methyl sites for hydroxylation is 1. The van der Waals surface area contributed by atoms with E-state index in [4.69, 9.17) is 4.74 Å². The van der Waals surface area contributed by atoms with Gasteiger partial charge in [-0.15, -0.1) is 0 Å². The predicted octanol–water partition coefficient (Wildman–Crippen LogP) is 4.19. The van der Waals surface area contributed by atoms with Crippen molar-refractivity contribution in [1.82, 2.24) is 5.32 Å². The van der Waals surface area contributed by atoms with Gasteiger partial charge in [0.15, 0.2) is 0 Å². The van der Waals surface area contributed by atoms with Crippen LogP contribution in [0.15, 0.2) is 72.8 Å². The molecule has 142 valence electrons. The molecule has 2 amide bonds. The van der Waals surface area contributed by atoms with Crippen LogP contribution in [-0.2, 0) is 6.54 Å². The maximum atomic E-state index is 12.7. The summed E-state index contributed by atoms with van der Waals surface area (Å²) in [4.78, 5) is 25.3. The Balaban J connectivity index is 1.75. The molecule has 28 heavy (non-hydrogen) atoms. The molecule has 0 saturated carbocycles. The molecular formula is C23H22N2O3. The van der Waals surface area contributed by atoms with E-state index >= 15 is 0 Å². The van der Waals surface area contributed by atoms with Gasteiger partial charge in [-0.05, 0) is 36.8 Å². The monoisotopic (exact) mass is 374 g/mol. The number of amides is 2. The number of hydrogen-bond donors (Lipinski definition) is 2. The molecule has 5 nitrogen and oxygen atoms in total. The summed E-state index contributed by atoms with van der Waals surface area (Å²) >= 11 is 0. The van der Waals surface area contributed by atoms with Crippen molar-refractivity contribution in [3.8, 4) is 5.75 Å². The van der Waals surface area contributed by atoms with E-state index in [-0.39, 0.29) is 11.8 Å². The molecule has 0 aliphatic heterocycles. The molecule has 0 heterocycles. The van der Waals surface area contributed by atoms with Crippen molar-refractivity contribution in [2.45, 2.75) is 13.5 Å². The molecular weight excluding hydrogens is 352 g/mol. The fourth-order valence-electron chi connectivity index (χ4n) is 2.91. The molecule has 0 unspecified atom stereocenters. The Kier molecular flexibility index (Phi) is 6.07. The molecule has 3 aromatic carbocycles. The number of anilines is 1. The van der Waals surface area contributed by atoms with E-state index in [1.807, 2.05) is 31.2 Å². The average Bonchev–Trinajstić information content (AvgIpc) is 2.72. The average molecular weight is 374 g/mol. The second-order valence-corrected chi connectivity index (χ2v) is 6.37. The molecule has 0 spiro atoms. The van der Waals surface area contributed by atoms with Crippen LogP contribution < -0.4 is 15.4 Å². The van der Waals surface area contributed by atoms with Gasteiger partial charge in [-0.3, -0.25) is 9.59 Å². The number of ether oxygens (including phenoxy) is 1. The number of para-hydroxylation sites is 2. The van der Waals surface area contributed by atoms with Crippen molar-refractivity contribution in [3.63, 3.8) is 0 Å². The first kappa shape index (κ1) is 19.2. The molecule has 0 aromatic heterocycles. The van der Waals surface area contributed by atoms with Gasteiger partial charge >= 0.3 is 0 Å². The van der Waals surface area contributed by atoms with Crippen LogP contribution in [0.3, 0.4) is 0 Å². The Hall–Kier alpha value is -3.60. The molecule has 5 heteroatoms. The van der Waals surface area contributed by atoms with Crippen LogP contribution in [0.2, 0.25) is 0 Å². The minimum absolute atomic E-state index is 0.252. The Morgan fingerprint density at radius 1 is 0.857 bits per heavy atom. The van der Waals surface area contributed by atoms with E-state index in [0.29, 0.717) is 29.1 Å². The summed E-state index contributed by atoms with van der Waals surface area (Å²) in [6.07, 6.45) is 0. The Labute approximate surface area is 164 Å². The first-order valence-corrected chi connectivity index (χ1v) is 8.95. The number of rotatable bonds is 6. The molecule has 0 fully saturated rings. The van der Waals surface area contributed by atoms with Crippen LogP contribution in [0, 0.1) is 6.92 Å². The van der Waals surface area contributed by atoms with Gasteiger partial charge in [-0.1, -0.05) is 54.1 Å². The molecule has 0 aliphatic carbocycles. The summed E-state index contributed by atoms with van der Waals surface area (Å²) in [5.74, 6) is -0.116. The van der Waals surface area contributed by atoms with Gasteiger partial charge in [0.2, 0.25) is 0 Å². The number of hydrogen-bond acceptors (Lipinski definition) is 3. The van der Waals surface area contributed by atoms with Crippen molar-refractivity contribution < 1.29 is 14.3 Å². The first-order chi connectivity index (χ1) is 13.6. The van der Waals surface area contributed by atoms with Crippen molar-refractivity contribution in [3.05, 3.63) is 95.1 Å². The lowest BCUT2D eigenvalue weighted by Gasteiger charge is -2.13. The number of carbonyl (C=O) groups excluding carboxylic acids is 2. The summed E-state index contributed by atoms with van der Waals surface area (Å²) in [5, 5.41) is 5.71. The molecule has 3 aromatic rings. The summed E-state index contributed by atoms with van der Waals surface area (Å²) in [7, 11) is 1.51. The summed E-state index contributed by atoms with van der Waals surface area (Å²) in [6.45, 7) is 2.42. The van der Waals surface area contributed by atoms with Crippen LogP contribution in [0.4, 0.5) is 5.69 Å². The quantitative estimate of drug-likeness (QED) is 0.680. The fourth-order valence-corrected chi connectivity index (χ4v) is 2.91. The van der Waals surface area contributed by atoms with Crippen LogP contribution in [0.25, 0.3) is 0 Å². The highest BCUT2D eigenvalue weighted by molar-refractivity contribution is 6.10. The van der Waals surface area contributed by atoms with E-state index in [1.165, 1.54) is 7.11 Å². The third-order valence-electron chi connectivity index (χ3n) is 4.31. The molecule has 0 bridgehead atoms. The van der Waals surface area contributed by atoms with E-state index in [0.717, 1.165) is 11.1 Å². The molecule has 0 atom stereocenters. The van der Waals surface area contributed by atoms with Crippen LogP contribution in [-0.4, -0.2) is 18.9 Å². The lowest BCUT2D eigenvalue weighted by atomic mass is 10.1. The second kappa shape index (κ2) is 8.86. The third kappa shape index (κ3) is 4.57. The van der Waals surface area contributed by atoms with Crippen molar-refractivity contribution in [2.75, 3.05) is 12.4 Å². The summed E-state index contributed by atoms with van der Waals surface area (Å²) < 4.78 is 5.24. The zero-order chi connectivity index (χ0) is 19.9. The van der Waals surface area contributed by atoms with Crippen LogP contribution in [0.1, 0.15) is 31.8 Å². The molecule has 0 aliphatic rings. The van der Waals surface area contributed by atoms with E-state index in [9.17, 15) is 9.59 Å². The van der Waals surface area contributed by atoms with Crippen LogP contribution in [0.5, 0.6) is 5.75 Å². The maximum absolute atomic E-state index is 12.7. The second-order valence-electron chi connectivity index (χ2n) is 6.37. The van der Waals surface area contributed by atoms with Crippen molar-refractivity contribution in [2.24, 2.45) is 0 Å². The minimum atomic E-state index is -0.337. The summed E-state index contributed by atoms with van der Waals surface area (Å²) in [6, 6.07) is 21.8. The third-order valence-corrected chi connectivity index (χ3v) is 4.31. The topological polar surface area (TPSA) is 67.4 Å². The molecule has 0 radical (unpaired) electrons. The highest BCUT2D eigenvalue weighted by atomic mass is 16.5. The molecule has 3 rings (SSSR count). The number of methoxy groups -OCH3 is 1. The van der Waals surface area contributed by atoms with Gasteiger partial charge in [0.05, 0.1) is 23.9 Å². The van der Waals surface area contributed by atoms with Gasteiger partial charge in [0, 0.05) is 6.54 Å². The van der Waals surface area contributed by atoms with Crippen molar-refractivity contribution >= 4 is 17.5 Å². The van der Waals surface area contributed by atoms with Crippen LogP contribution >= 0.6 is 0 Å². The lowest BCUT2D eigenvalue weighted by molar-refractivity contribution is 0.0952. The number of carbonyl (C=O) groups is 2. The highest BCUT2D eigenvalue weighted by Crippen LogP contribution is 2.21. The lowest BCUT2D eigenvalue weighted by Crippen LogP contribution is -2.25. The van der Waals surface area contributed by atoms with E-state index in [2.05, 4.69) is 10.6 Å². The molecule has 2 N–H and O–H groups in total. The van der Waals surface area contributed by atoms with Crippen molar-refractivity contribution in [1.29, 1.82) is 0 Å². The van der Waals surface area contributed by atoms with E-state index < -0.39 is 0 Å². The minimum Gasteiger partial charge on any atom is -0.496 e. The van der Waals surface area contributed by atoms with Gasteiger partial charge < -0.3 is 15.4 Å². The number of nitrogens with one attached hydrogen (secondary N) is 2. The van der Waals surface area contributed by atoms with Gasteiger partial charge in [-0.2, -0.15) is 0 Å². The SMILES string of the molecule is COc1ccccc1C(=O)Nc1ccccc1C(=O)NCc1cccc(C)c1. The normalized spacial score (nSPS) is 10.2. The van der Waals surface area contributed by atoms with E-state index in [1.54, 1.807) is 48.5 Å². The fraction of sp³-hybridized carbons (Fsp3) is 0.130. The molecule has 0 saturated heterocycles. The zero-order valence-corrected chi connectivity index (χ0v) is 15.9. The standard InChI is InChI=1S/C23H22N2O3/c1-16-8-7-9-17(14-16)15-24-22(26)18-10-3-5-12-20(18)25-23(27)19-11-4-6-13-21(19)28-2/h3-14H,15H2,1-2H3,(H,24,26)(H,25,27). The highest BCUT2D eigenvalue weighted by Gasteiger charge is 2.16. The predicted molar refractivity (Wildman–Crippen MR) is 110 cm³/mol.